The molecule has 0 radical (unpaired) electrons. The molecular weight excluding hydrogens is 296 g/mol. The van der Waals surface area contributed by atoms with Crippen molar-refractivity contribution in [3.05, 3.63) is 48.0 Å². The molecule has 2 aromatic carbocycles. The van der Waals surface area contributed by atoms with Crippen LogP contribution in [0.15, 0.2) is 42.5 Å². The zero-order valence-corrected chi connectivity index (χ0v) is 13.4. The molecule has 0 bridgehead atoms. The fraction of sp³-hybridized carbons (Fsp3) is 0.412. The van der Waals surface area contributed by atoms with E-state index in [0.717, 1.165) is 42.0 Å². The van der Waals surface area contributed by atoms with Crippen molar-refractivity contribution in [2.24, 2.45) is 5.73 Å². The van der Waals surface area contributed by atoms with E-state index < -0.39 is 10.0 Å². The standard InChI is InChI=1S/C17H22N2O2S/c18-16-10-3-4-11-17(16)19-22(20,21)12-14-8-5-7-13-6-1-2-9-15(13)14/h1-2,5-9,16-17,19H,3-4,10-12,18H2. The van der Waals surface area contributed by atoms with Gasteiger partial charge in [-0.3, -0.25) is 0 Å². The first-order valence-corrected chi connectivity index (χ1v) is 9.43. The monoisotopic (exact) mass is 318 g/mol. The first-order chi connectivity index (χ1) is 10.6. The molecule has 0 amide bonds. The average Bonchev–Trinajstić information content (AvgIpc) is 2.49. The summed E-state index contributed by atoms with van der Waals surface area (Å²) in [5, 5.41) is 2.05. The maximum Gasteiger partial charge on any atom is 0.216 e. The Hall–Kier alpha value is -1.43. The smallest absolute Gasteiger partial charge is 0.216 e. The molecule has 1 aliphatic carbocycles. The number of benzene rings is 2. The van der Waals surface area contributed by atoms with Gasteiger partial charge in [0.1, 0.15) is 0 Å². The lowest BCUT2D eigenvalue weighted by Crippen LogP contribution is -2.49. The molecule has 0 aromatic heterocycles. The Kier molecular flexibility index (Phi) is 4.47. The highest BCUT2D eigenvalue weighted by Gasteiger charge is 2.26. The highest BCUT2D eigenvalue weighted by Crippen LogP contribution is 2.22. The molecular formula is C17H22N2O2S. The average molecular weight is 318 g/mol. The Balaban J connectivity index is 1.81. The molecule has 1 saturated carbocycles. The van der Waals surface area contributed by atoms with Crippen molar-refractivity contribution in [2.75, 3.05) is 0 Å². The number of fused-ring (bicyclic) bond motifs is 1. The molecule has 0 spiro atoms. The molecule has 2 aromatic rings. The van der Waals surface area contributed by atoms with Gasteiger partial charge >= 0.3 is 0 Å². The Morgan fingerprint density at radius 3 is 2.59 bits per heavy atom. The number of hydrogen-bond acceptors (Lipinski definition) is 3. The molecule has 3 N–H and O–H groups in total. The van der Waals surface area contributed by atoms with Crippen LogP contribution in [0.1, 0.15) is 31.2 Å². The lowest BCUT2D eigenvalue weighted by molar-refractivity contribution is 0.361. The maximum atomic E-state index is 12.5. The third kappa shape index (κ3) is 3.48. The molecule has 5 heteroatoms. The van der Waals surface area contributed by atoms with E-state index >= 15 is 0 Å². The highest BCUT2D eigenvalue weighted by molar-refractivity contribution is 7.88. The van der Waals surface area contributed by atoms with Crippen LogP contribution in [0.25, 0.3) is 10.8 Å². The van der Waals surface area contributed by atoms with Crippen molar-refractivity contribution in [1.82, 2.24) is 4.72 Å². The molecule has 4 nitrogen and oxygen atoms in total. The Labute approximate surface area is 131 Å². The van der Waals surface area contributed by atoms with Gasteiger partial charge in [0.15, 0.2) is 0 Å². The number of nitrogens with two attached hydrogens (primary N) is 1. The summed E-state index contributed by atoms with van der Waals surface area (Å²) < 4.78 is 27.8. The van der Waals surface area contributed by atoms with Gasteiger partial charge in [0.05, 0.1) is 5.75 Å². The van der Waals surface area contributed by atoms with Gasteiger partial charge < -0.3 is 5.73 Å². The van der Waals surface area contributed by atoms with E-state index in [1.54, 1.807) is 0 Å². The molecule has 1 aliphatic rings. The van der Waals surface area contributed by atoms with E-state index in [9.17, 15) is 8.42 Å². The largest absolute Gasteiger partial charge is 0.326 e. The van der Waals surface area contributed by atoms with Crippen molar-refractivity contribution in [1.29, 1.82) is 0 Å². The van der Waals surface area contributed by atoms with Gasteiger partial charge in [-0.05, 0) is 29.2 Å². The Morgan fingerprint density at radius 2 is 1.77 bits per heavy atom. The van der Waals surface area contributed by atoms with Crippen LogP contribution in [-0.4, -0.2) is 20.5 Å². The van der Waals surface area contributed by atoms with Crippen LogP contribution in [0.3, 0.4) is 0 Å². The minimum atomic E-state index is -3.39. The predicted octanol–water partition coefficient (Wildman–Crippen LogP) is 2.53. The van der Waals surface area contributed by atoms with Crippen LogP contribution in [0.4, 0.5) is 0 Å². The van der Waals surface area contributed by atoms with Crippen LogP contribution in [0.2, 0.25) is 0 Å². The lowest BCUT2D eigenvalue weighted by atomic mass is 9.92. The molecule has 3 rings (SSSR count). The van der Waals surface area contributed by atoms with Crippen molar-refractivity contribution >= 4 is 20.8 Å². The molecule has 2 unspecified atom stereocenters. The van der Waals surface area contributed by atoms with Crippen LogP contribution in [0, 0.1) is 0 Å². The number of sulfonamides is 1. The zero-order valence-electron chi connectivity index (χ0n) is 12.5. The number of rotatable bonds is 4. The van der Waals surface area contributed by atoms with E-state index in [1.165, 1.54) is 0 Å². The third-order valence-corrected chi connectivity index (χ3v) is 5.73. The fourth-order valence-corrected chi connectivity index (χ4v) is 4.70. The SMILES string of the molecule is NC1CCCCC1NS(=O)(=O)Cc1cccc2ccccc12. The van der Waals surface area contributed by atoms with E-state index in [-0.39, 0.29) is 17.8 Å². The summed E-state index contributed by atoms with van der Waals surface area (Å²) in [7, 11) is -3.39. The van der Waals surface area contributed by atoms with Crippen molar-refractivity contribution in [3.8, 4) is 0 Å². The van der Waals surface area contributed by atoms with Gasteiger partial charge in [-0.15, -0.1) is 0 Å². The lowest BCUT2D eigenvalue weighted by Gasteiger charge is -2.29. The summed E-state index contributed by atoms with van der Waals surface area (Å²) >= 11 is 0. The number of hydrogen-bond donors (Lipinski definition) is 2. The summed E-state index contributed by atoms with van der Waals surface area (Å²) in [5.41, 5.74) is 6.87. The molecule has 1 fully saturated rings. The predicted molar refractivity (Wildman–Crippen MR) is 89.9 cm³/mol. The van der Waals surface area contributed by atoms with Gasteiger partial charge in [-0.2, -0.15) is 0 Å². The highest BCUT2D eigenvalue weighted by atomic mass is 32.2. The molecule has 0 heterocycles. The quantitative estimate of drug-likeness (QED) is 0.910. The minimum Gasteiger partial charge on any atom is -0.326 e. The molecule has 22 heavy (non-hydrogen) atoms. The van der Waals surface area contributed by atoms with E-state index in [2.05, 4.69) is 4.72 Å². The topological polar surface area (TPSA) is 72.2 Å². The van der Waals surface area contributed by atoms with Crippen LogP contribution >= 0.6 is 0 Å². The summed E-state index contributed by atoms with van der Waals surface area (Å²) in [6, 6.07) is 13.4. The second-order valence-electron chi connectivity index (χ2n) is 6.07. The molecule has 0 aliphatic heterocycles. The molecule has 0 saturated heterocycles. The summed E-state index contributed by atoms with van der Waals surface area (Å²) in [4.78, 5) is 0. The van der Waals surface area contributed by atoms with Gasteiger partial charge in [0, 0.05) is 12.1 Å². The van der Waals surface area contributed by atoms with E-state index in [4.69, 9.17) is 5.73 Å². The zero-order chi connectivity index (χ0) is 15.6. The second kappa shape index (κ2) is 6.36. The normalized spacial score (nSPS) is 22.8. The van der Waals surface area contributed by atoms with Crippen molar-refractivity contribution in [3.63, 3.8) is 0 Å². The summed E-state index contributed by atoms with van der Waals surface area (Å²) in [6.45, 7) is 0. The van der Waals surface area contributed by atoms with Crippen LogP contribution < -0.4 is 10.5 Å². The van der Waals surface area contributed by atoms with Crippen molar-refractivity contribution < 1.29 is 8.42 Å². The van der Waals surface area contributed by atoms with Gasteiger partial charge in [0.2, 0.25) is 10.0 Å². The summed E-state index contributed by atoms with van der Waals surface area (Å²) in [5.74, 6) is -0.00241. The van der Waals surface area contributed by atoms with Crippen LogP contribution in [0.5, 0.6) is 0 Å². The van der Waals surface area contributed by atoms with E-state index in [0.29, 0.717) is 0 Å². The van der Waals surface area contributed by atoms with E-state index in [1.807, 2.05) is 42.5 Å². The fourth-order valence-electron chi connectivity index (χ4n) is 3.20. The number of nitrogens with one attached hydrogen (secondary N) is 1. The Bertz CT molecular complexity index is 753. The first-order valence-electron chi connectivity index (χ1n) is 7.77. The van der Waals surface area contributed by atoms with Gasteiger partial charge in [-0.25, -0.2) is 13.1 Å². The summed E-state index contributed by atoms with van der Waals surface area (Å²) in [6.07, 6.45) is 3.84. The van der Waals surface area contributed by atoms with Gasteiger partial charge in [0.25, 0.3) is 0 Å². The van der Waals surface area contributed by atoms with Gasteiger partial charge in [-0.1, -0.05) is 55.3 Å². The first kappa shape index (κ1) is 15.5. The maximum absolute atomic E-state index is 12.5. The van der Waals surface area contributed by atoms with Crippen molar-refractivity contribution in [2.45, 2.75) is 43.5 Å². The van der Waals surface area contributed by atoms with Crippen LogP contribution in [-0.2, 0) is 15.8 Å². The second-order valence-corrected chi connectivity index (χ2v) is 7.82. The third-order valence-electron chi connectivity index (χ3n) is 4.38. The Morgan fingerprint density at radius 1 is 1.05 bits per heavy atom. The molecule has 2 atom stereocenters. The molecule has 118 valence electrons. The minimum absolute atomic E-state index is 0.00241.